The number of aromatic nitrogens is 1. The van der Waals surface area contributed by atoms with Gasteiger partial charge >= 0.3 is 0 Å². The van der Waals surface area contributed by atoms with Crippen LogP contribution in [0, 0.1) is 5.92 Å². The molecule has 1 aromatic heterocycles. The fourth-order valence-corrected chi connectivity index (χ4v) is 4.49. The van der Waals surface area contributed by atoms with Crippen LogP contribution in [-0.2, 0) is 0 Å². The van der Waals surface area contributed by atoms with Crippen LogP contribution >= 0.6 is 11.6 Å². The van der Waals surface area contributed by atoms with E-state index in [1.807, 2.05) is 0 Å². The summed E-state index contributed by atoms with van der Waals surface area (Å²) in [6.45, 7) is 3.42. The van der Waals surface area contributed by atoms with Crippen molar-refractivity contribution in [1.29, 1.82) is 0 Å². The Kier molecular flexibility index (Phi) is 6.80. The van der Waals surface area contributed by atoms with Gasteiger partial charge in [-0.25, -0.2) is 0 Å². The van der Waals surface area contributed by atoms with Crippen molar-refractivity contribution in [2.75, 3.05) is 38.5 Å². The lowest BCUT2D eigenvalue weighted by molar-refractivity contribution is 0.0643. The summed E-state index contributed by atoms with van der Waals surface area (Å²) in [7, 11) is 0. The lowest BCUT2D eigenvalue weighted by atomic mass is 9.96. The minimum absolute atomic E-state index is 0.0357. The third-order valence-electron chi connectivity index (χ3n) is 6.26. The van der Waals surface area contributed by atoms with Gasteiger partial charge in [-0.2, -0.15) is 0 Å². The molecular weight excluding hydrogens is 446 g/mol. The fraction of sp³-hybridized carbons (Fsp3) is 0.391. The Bertz CT molecular complexity index is 1100. The van der Waals surface area contributed by atoms with E-state index in [2.05, 4.69) is 15.2 Å². The maximum atomic E-state index is 12.4. The van der Waals surface area contributed by atoms with Crippen molar-refractivity contribution in [3.05, 3.63) is 62.4 Å². The van der Waals surface area contributed by atoms with Gasteiger partial charge in [0.2, 0.25) is 0 Å². The van der Waals surface area contributed by atoms with Crippen LogP contribution < -0.4 is 16.6 Å². The number of hydrogen-bond donors (Lipinski definition) is 3. The molecule has 33 heavy (non-hydrogen) atoms. The van der Waals surface area contributed by atoms with Crippen molar-refractivity contribution in [3.8, 4) is 0 Å². The highest BCUT2D eigenvalue weighted by Gasteiger charge is 2.34. The molecule has 3 amide bonds. The van der Waals surface area contributed by atoms with Crippen LogP contribution in [0.4, 0.5) is 5.82 Å². The number of fused-ring (bicyclic) bond motifs is 1. The SMILES string of the molecule is Nc1[nH]c(=O)c(C(=O)NCC2CCN(CCCN3C(=O)c4ccccc4C3=O)CC2)cc1Cl. The highest BCUT2D eigenvalue weighted by atomic mass is 35.5. The zero-order valence-corrected chi connectivity index (χ0v) is 18.9. The number of imide groups is 1. The number of carbonyl (C=O) groups is 3. The zero-order chi connectivity index (χ0) is 23.5. The number of nitrogens with two attached hydrogens (primary N) is 1. The molecule has 4 N–H and O–H groups in total. The first kappa shape index (κ1) is 23.0. The van der Waals surface area contributed by atoms with Crippen LogP contribution in [0.2, 0.25) is 5.02 Å². The van der Waals surface area contributed by atoms with Crippen LogP contribution in [0.1, 0.15) is 50.3 Å². The number of carbonyl (C=O) groups excluding carboxylic acids is 3. The van der Waals surface area contributed by atoms with Crippen LogP contribution in [0.15, 0.2) is 35.1 Å². The van der Waals surface area contributed by atoms with Crippen molar-refractivity contribution < 1.29 is 14.4 Å². The normalized spacial score (nSPS) is 16.8. The molecule has 0 spiro atoms. The summed E-state index contributed by atoms with van der Waals surface area (Å²) in [5.74, 6) is -0.558. The third-order valence-corrected chi connectivity index (χ3v) is 6.57. The minimum Gasteiger partial charge on any atom is -0.384 e. The number of benzene rings is 1. The molecule has 9 nitrogen and oxygen atoms in total. The van der Waals surface area contributed by atoms with Crippen LogP contribution in [-0.4, -0.2) is 65.2 Å². The lowest BCUT2D eigenvalue weighted by Crippen LogP contribution is -2.40. The Labute approximate surface area is 195 Å². The molecule has 0 bridgehead atoms. The third kappa shape index (κ3) is 4.94. The Balaban J connectivity index is 1.18. The van der Waals surface area contributed by atoms with E-state index in [1.54, 1.807) is 24.3 Å². The predicted octanol–water partition coefficient (Wildman–Crippen LogP) is 1.74. The molecule has 1 fully saturated rings. The average molecular weight is 472 g/mol. The number of likely N-dealkylation sites (tertiary alicyclic amines) is 1. The van der Waals surface area contributed by atoms with Crippen molar-refractivity contribution >= 4 is 35.1 Å². The van der Waals surface area contributed by atoms with E-state index in [1.165, 1.54) is 11.0 Å². The molecule has 4 rings (SSSR count). The van der Waals surface area contributed by atoms with Crippen molar-refractivity contribution in [1.82, 2.24) is 20.1 Å². The minimum atomic E-state index is -0.567. The number of hydrogen-bond acceptors (Lipinski definition) is 6. The first-order valence-corrected chi connectivity index (χ1v) is 11.4. The Morgan fingerprint density at radius 3 is 2.36 bits per heavy atom. The van der Waals surface area contributed by atoms with Gasteiger partial charge in [0.15, 0.2) is 0 Å². The molecule has 2 aromatic rings. The van der Waals surface area contributed by atoms with E-state index in [4.69, 9.17) is 17.3 Å². The molecule has 0 radical (unpaired) electrons. The summed E-state index contributed by atoms with van der Waals surface area (Å²) in [4.78, 5) is 55.1. The molecular formula is C23H26ClN5O4. The van der Waals surface area contributed by atoms with E-state index < -0.39 is 11.5 Å². The highest BCUT2D eigenvalue weighted by Crippen LogP contribution is 2.23. The summed E-state index contributed by atoms with van der Waals surface area (Å²) in [6, 6.07) is 8.20. The standard InChI is InChI=1S/C23H26ClN5O4/c24-18-12-17(21(31)27-19(18)25)20(30)26-13-14-6-10-28(11-7-14)8-3-9-29-22(32)15-4-1-2-5-16(15)23(29)33/h1-2,4-5,12,14H,3,6-11,13H2,(H,26,30)(H3,25,27,31). The molecule has 2 aliphatic heterocycles. The fourth-order valence-electron chi connectivity index (χ4n) is 4.33. The molecule has 0 unspecified atom stereocenters. The zero-order valence-electron chi connectivity index (χ0n) is 18.1. The number of nitrogens with one attached hydrogen (secondary N) is 2. The quantitative estimate of drug-likeness (QED) is 0.527. The van der Waals surface area contributed by atoms with Gasteiger partial charge in [-0.15, -0.1) is 0 Å². The summed E-state index contributed by atoms with van der Waals surface area (Å²) in [5, 5.41) is 2.94. The van der Waals surface area contributed by atoms with E-state index in [0.717, 1.165) is 32.5 Å². The second-order valence-corrected chi connectivity index (χ2v) is 8.84. The van der Waals surface area contributed by atoms with Crippen molar-refractivity contribution in [2.45, 2.75) is 19.3 Å². The number of nitrogen functional groups attached to an aromatic ring is 1. The van der Waals surface area contributed by atoms with Gasteiger partial charge in [0.05, 0.1) is 16.1 Å². The number of H-pyrrole nitrogens is 1. The van der Waals surface area contributed by atoms with E-state index in [0.29, 0.717) is 36.6 Å². The second kappa shape index (κ2) is 9.76. The smallest absolute Gasteiger partial charge is 0.262 e. The molecule has 1 aromatic carbocycles. The second-order valence-electron chi connectivity index (χ2n) is 8.43. The number of rotatable bonds is 7. The van der Waals surface area contributed by atoms with Gasteiger partial charge in [0.1, 0.15) is 11.4 Å². The van der Waals surface area contributed by atoms with Crippen molar-refractivity contribution in [2.24, 2.45) is 5.92 Å². The van der Waals surface area contributed by atoms with Gasteiger partial charge in [-0.05, 0) is 63.0 Å². The Hall–Kier alpha value is -3.17. The van der Waals surface area contributed by atoms with E-state index >= 15 is 0 Å². The molecule has 0 atom stereocenters. The molecule has 0 aliphatic carbocycles. The largest absolute Gasteiger partial charge is 0.384 e. The van der Waals surface area contributed by atoms with Crippen LogP contribution in [0.25, 0.3) is 0 Å². The van der Waals surface area contributed by atoms with Crippen LogP contribution in [0.3, 0.4) is 0 Å². The number of piperidine rings is 1. The van der Waals surface area contributed by atoms with Gasteiger partial charge in [-0.1, -0.05) is 23.7 Å². The summed E-state index contributed by atoms with van der Waals surface area (Å²) >= 11 is 5.90. The van der Waals surface area contributed by atoms with E-state index in [9.17, 15) is 19.2 Å². The molecule has 0 saturated carbocycles. The predicted molar refractivity (Wildman–Crippen MR) is 124 cm³/mol. The number of nitrogens with zero attached hydrogens (tertiary/aromatic N) is 2. The summed E-state index contributed by atoms with van der Waals surface area (Å²) in [6.07, 6.45) is 2.53. The maximum absolute atomic E-state index is 12.4. The topological polar surface area (TPSA) is 129 Å². The molecule has 2 aliphatic rings. The van der Waals surface area contributed by atoms with Crippen LogP contribution in [0.5, 0.6) is 0 Å². The maximum Gasteiger partial charge on any atom is 0.262 e. The number of anilines is 1. The first-order chi connectivity index (χ1) is 15.8. The molecule has 3 heterocycles. The molecule has 10 heteroatoms. The average Bonchev–Trinajstić information content (AvgIpc) is 3.05. The van der Waals surface area contributed by atoms with Crippen molar-refractivity contribution in [3.63, 3.8) is 0 Å². The lowest BCUT2D eigenvalue weighted by Gasteiger charge is -2.32. The van der Waals surface area contributed by atoms with Gasteiger partial charge in [-0.3, -0.25) is 24.1 Å². The summed E-state index contributed by atoms with van der Waals surface area (Å²) in [5.41, 5.74) is 5.87. The Morgan fingerprint density at radius 1 is 1.09 bits per heavy atom. The van der Waals surface area contributed by atoms with Gasteiger partial charge in [0, 0.05) is 13.1 Å². The number of pyridine rings is 1. The molecule has 174 valence electrons. The number of aromatic amines is 1. The number of halogens is 1. The molecule has 1 saturated heterocycles. The number of amides is 3. The van der Waals surface area contributed by atoms with Gasteiger partial charge < -0.3 is 20.9 Å². The highest BCUT2D eigenvalue weighted by molar-refractivity contribution is 6.33. The van der Waals surface area contributed by atoms with Gasteiger partial charge in [0.25, 0.3) is 23.3 Å². The first-order valence-electron chi connectivity index (χ1n) is 11.0. The van der Waals surface area contributed by atoms with E-state index in [-0.39, 0.29) is 28.2 Å². The Morgan fingerprint density at radius 2 is 1.73 bits per heavy atom. The monoisotopic (exact) mass is 471 g/mol. The summed E-state index contributed by atoms with van der Waals surface area (Å²) < 4.78 is 0.